The summed E-state index contributed by atoms with van der Waals surface area (Å²) in [4.78, 5) is 2.57. The van der Waals surface area contributed by atoms with Crippen LogP contribution in [0.1, 0.15) is 31.2 Å². The summed E-state index contributed by atoms with van der Waals surface area (Å²) in [5, 5.41) is 0. The minimum absolute atomic E-state index is 0.303. The summed E-state index contributed by atoms with van der Waals surface area (Å²) in [7, 11) is 2.29. The van der Waals surface area contributed by atoms with Crippen molar-refractivity contribution in [2.75, 3.05) is 20.1 Å². The maximum atomic E-state index is 6.18. The Hall–Kier alpha value is -0.860. The Morgan fingerprint density at radius 3 is 2.63 bits per heavy atom. The lowest BCUT2D eigenvalue weighted by atomic mass is 9.79. The molecule has 3 rings (SSSR count). The van der Waals surface area contributed by atoms with Crippen molar-refractivity contribution < 1.29 is 0 Å². The smallest absolute Gasteiger partial charge is 0.0359 e. The van der Waals surface area contributed by atoms with Gasteiger partial charge in [0.15, 0.2) is 0 Å². The maximum Gasteiger partial charge on any atom is 0.0359 e. The highest BCUT2D eigenvalue weighted by Gasteiger charge is 2.51. The van der Waals surface area contributed by atoms with Gasteiger partial charge in [0, 0.05) is 18.6 Å². The normalized spacial score (nSPS) is 33.2. The molecule has 0 aromatic heterocycles. The van der Waals surface area contributed by atoms with E-state index in [1.165, 1.54) is 31.2 Å². The van der Waals surface area contributed by atoms with E-state index in [0.29, 0.717) is 5.54 Å². The molecule has 2 fully saturated rings. The van der Waals surface area contributed by atoms with E-state index in [1.807, 2.05) is 0 Å². The molecular weight excluding hydrogens is 232 g/mol. The van der Waals surface area contributed by atoms with Crippen molar-refractivity contribution in [3.63, 3.8) is 0 Å². The molecule has 19 heavy (non-hydrogen) atoms. The Labute approximate surface area is 117 Å². The molecule has 2 N–H and O–H groups in total. The number of hydrogen-bond donors (Lipinski definition) is 1. The van der Waals surface area contributed by atoms with E-state index in [-0.39, 0.29) is 0 Å². The van der Waals surface area contributed by atoms with Gasteiger partial charge in [-0.25, -0.2) is 0 Å². The molecule has 0 radical (unpaired) electrons. The van der Waals surface area contributed by atoms with Crippen molar-refractivity contribution in [2.24, 2.45) is 17.6 Å². The number of hydrogen-bond acceptors (Lipinski definition) is 2. The molecule has 1 aromatic carbocycles. The van der Waals surface area contributed by atoms with Crippen molar-refractivity contribution >= 4 is 0 Å². The summed E-state index contributed by atoms with van der Waals surface area (Å²) in [6.45, 7) is 1.96. The Balaban J connectivity index is 1.64. The molecule has 0 amide bonds. The van der Waals surface area contributed by atoms with Crippen LogP contribution < -0.4 is 5.73 Å². The SMILES string of the molecule is CN(CCc1ccccc1)C1(CN)CC2CCC1C2. The second kappa shape index (κ2) is 5.26. The first kappa shape index (κ1) is 13.1. The highest BCUT2D eigenvalue weighted by Crippen LogP contribution is 2.52. The number of rotatable bonds is 5. The second-order valence-electron chi connectivity index (χ2n) is 6.54. The molecule has 0 saturated heterocycles. The highest BCUT2D eigenvalue weighted by atomic mass is 15.2. The van der Waals surface area contributed by atoms with Crippen LogP contribution in [0.2, 0.25) is 0 Å². The van der Waals surface area contributed by atoms with Crippen molar-refractivity contribution in [1.29, 1.82) is 0 Å². The lowest BCUT2D eigenvalue weighted by Gasteiger charge is -2.44. The molecule has 2 aliphatic carbocycles. The largest absolute Gasteiger partial charge is 0.329 e. The Morgan fingerprint density at radius 1 is 1.26 bits per heavy atom. The number of likely N-dealkylation sites (N-methyl/N-ethyl adjacent to an activating group) is 1. The molecule has 104 valence electrons. The first-order valence-electron chi connectivity index (χ1n) is 7.70. The predicted molar refractivity (Wildman–Crippen MR) is 80.0 cm³/mol. The molecule has 0 spiro atoms. The van der Waals surface area contributed by atoms with Gasteiger partial charge in [0.2, 0.25) is 0 Å². The van der Waals surface area contributed by atoms with Gasteiger partial charge in [-0.2, -0.15) is 0 Å². The van der Waals surface area contributed by atoms with Crippen LogP contribution in [-0.4, -0.2) is 30.6 Å². The zero-order valence-electron chi connectivity index (χ0n) is 12.0. The first-order valence-corrected chi connectivity index (χ1v) is 7.70. The third-order valence-electron chi connectivity index (χ3n) is 5.64. The van der Waals surface area contributed by atoms with Crippen LogP contribution in [0.4, 0.5) is 0 Å². The lowest BCUT2D eigenvalue weighted by molar-refractivity contribution is 0.0668. The van der Waals surface area contributed by atoms with Gasteiger partial charge in [-0.05, 0) is 50.1 Å². The summed E-state index contributed by atoms with van der Waals surface area (Å²) >= 11 is 0. The molecule has 0 aliphatic heterocycles. The van der Waals surface area contributed by atoms with E-state index < -0.39 is 0 Å². The van der Waals surface area contributed by atoms with Gasteiger partial charge in [-0.15, -0.1) is 0 Å². The third-order valence-corrected chi connectivity index (χ3v) is 5.64. The quantitative estimate of drug-likeness (QED) is 0.880. The molecule has 3 atom stereocenters. The fourth-order valence-corrected chi connectivity index (χ4v) is 4.45. The van der Waals surface area contributed by atoms with Crippen LogP contribution in [0.3, 0.4) is 0 Å². The molecule has 0 heterocycles. The average Bonchev–Trinajstić information content (AvgIpc) is 3.06. The standard InChI is InChI=1S/C17H26N2/c1-19(10-9-14-5-3-2-4-6-14)17(13-18)12-15-7-8-16(17)11-15/h2-6,15-16H,7-13,18H2,1H3. The van der Waals surface area contributed by atoms with Crippen LogP contribution in [0.15, 0.2) is 30.3 Å². The highest BCUT2D eigenvalue weighted by molar-refractivity contribution is 5.15. The van der Waals surface area contributed by atoms with Crippen LogP contribution in [-0.2, 0) is 6.42 Å². The molecule has 2 nitrogen and oxygen atoms in total. The van der Waals surface area contributed by atoms with E-state index in [2.05, 4.69) is 42.3 Å². The van der Waals surface area contributed by atoms with Crippen LogP contribution in [0, 0.1) is 11.8 Å². The second-order valence-corrected chi connectivity index (χ2v) is 6.54. The molecule has 2 aliphatic rings. The zero-order valence-corrected chi connectivity index (χ0v) is 12.0. The average molecular weight is 258 g/mol. The van der Waals surface area contributed by atoms with E-state index in [4.69, 9.17) is 5.73 Å². The fraction of sp³-hybridized carbons (Fsp3) is 0.647. The van der Waals surface area contributed by atoms with Crippen LogP contribution in [0.5, 0.6) is 0 Å². The van der Waals surface area contributed by atoms with Crippen molar-refractivity contribution in [3.8, 4) is 0 Å². The summed E-state index contributed by atoms with van der Waals surface area (Å²) in [6.07, 6.45) is 6.74. The maximum absolute atomic E-state index is 6.18. The van der Waals surface area contributed by atoms with E-state index in [9.17, 15) is 0 Å². The first-order chi connectivity index (χ1) is 9.24. The van der Waals surface area contributed by atoms with Gasteiger partial charge >= 0.3 is 0 Å². The number of nitrogens with two attached hydrogens (primary N) is 1. The summed E-state index contributed by atoms with van der Waals surface area (Å²) in [5.41, 5.74) is 7.92. The molecule has 2 bridgehead atoms. The minimum Gasteiger partial charge on any atom is -0.329 e. The summed E-state index contributed by atoms with van der Waals surface area (Å²) in [6, 6.07) is 10.8. The number of benzene rings is 1. The number of nitrogens with zero attached hydrogens (tertiary/aromatic N) is 1. The van der Waals surface area contributed by atoms with Gasteiger partial charge < -0.3 is 5.73 Å². The molecule has 3 unspecified atom stereocenters. The predicted octanol–water partition coefficient (Wildman–Crippen LogP) is 2.68. The van der Waals surface area contributed by atoms with Crippen LogP contribution >= 0.6 is 0 Å². The molecule has 2 heteroatoms. The van der Waals surface area contributed by atoms with Gasteiger partial charge in [-0.3, -0.25) is 4.90 Å². The van der Waals surface area contributed by atoms with E-state index >= 15 is 0 Å². The van der Waals surface area contributed by atoms with Crippen molar-refractivity contribution in [1.82, 2.24) is 4.90 Å². The number of fused-ring (bicyclic) bond motifs is 2. The minimum atomic E-state index is 0.303. The summed E-state index contributed by atoms with van der Waals surface area (Å²) in [5.74, 6) is 1.80. The monoisotopic (exact) mass is 258 g/mol. The Bertz CT molecular complexity index is 417. The topological polar surface area (TPSA) is 29.3 Å². The van der Waals surface area contributed by atoms with Gasteiger partial charge in [-0.1, -0.05) is 36.8 Å². The van der Waals surface area contributed by atoms with Crippen molar-refractivity contribution in [2.45, 2.75) is 37.6 Å². The summed E-state index contributed by atoms with van der Waals surface area (Å²) < 4.78 is 0. The third kappa shape index (κ3) is 2.32. The molecular formula is C17H26N2. The fourth-order valence-electron chi connectivity index (χ4n) is 4.45. The Kier molecular flexibility index (Phi) is 3.64. The van der Waals surface area contributed by atoms with Crippen LogP contribution in [0.25, 0.3) is 0 Å². The van der Waals surface area contributed by atoms with Gasteiger partial charge in [0.25, 0.3) is 0 Å². The van der Waals surface area contributed by atoms with E-state index in [0.717, 1.165) is 31.3 Å². The Morgan fingerprint density at radius 2 is 2.05 bits per heavy atom. The van der Waals surface area contributed by atoms with Gasteiger partial charge in [0.1, 0.15) is 0 Å². The molecule has 2 saturated carbocycles. The van der Waals surface area contributed by atoms with Crippen molar-refractivity contribution in [3.05, 3.63) is 35.9 Å². The zero-order chi connectivity index (χ0) is 13.3. The molecule has 1 aromatic rings. The van der Waals surface area contributed by atoms with E-state index in [1.54, 1.807) is 0 Å². The van der Waals surface area contributed by atoms with Gasteiger partial charge in [0.05, 0.1) is 0 Å². The lowest BCUT2D eigenvalue weighted by Crippen LogP contribution is -2.56.